The second-order valence-corrected chi connectivity index (χ2v) is 9.80. The zero-order valence-electron chi connectivity index (χ0n) is 20.6. The Labute approximate surface area is 227 Å². The van der Waals surface area contributed by atoms with Crippen molar-refractivity contribution in [3.05, 3.63) is 99.5 Å². The van der Waals surface area contributed by atoms with E-state index in [4.69, 9.17) is 42.8 Å². The summed E-state index contributed by atoms with van der Waals surface area (Å²) in [7, 11) is 0. The molecule has 4 rings (SSSR count). The molecule has 194 valence electrons. The number of benzene rings is 3. The topological polar surface area (TPSA) is 80.2 Å². The number of ether oxygens (including phenoxy) is 2. The standard InChI is InChI=1S/C29H30Cl2N2O4/c1-20-29(19-21-6-3-2-4-7-21,28(35)32-15-14-22-8-11-24(30)18-26(22)31)33-27(37-20)23-9-12-25(13-10-23)36-17-5-16-34/h2-4,6-13,18,20,34H,5,14-17,19H2,1H3,(H,32,35)/t20-,29-/m1/s1. The van der Waals surface area contributed by atoms with Crippen molar-refractivity contribution in [3.63, 3.8) is 0 Å². The number of aliphatic hydroxyl groups is 1. The fraction of sp³-hybridized carbons (Fsp3) is 0.310. The molecule has 1 heterocycles. The molecule has 0 unspecified atom stereocenters. The lowest BCUT2D eigenvalue weighted by Crippen LogP contribution is -2.52. The lowest BCUT2D eigenvalue weighted by Gasteiger charge is -2.28. The minimum Gasteiger partial charge on any atom is -0.494 e. The van der Waals surface area contributed by atoms with E-state index in [1.807, 2.05) is 67.6 Å². The van der Waals surface area contributed by atoms with E-state index in [9.17, 15) is 4.79 Å². The molecule has 2 atom stereocenters. The van der Waals surface area contributed by atoms with Gasteiger partial charge in [-0.25, -0.2) is 4.99 Å². The minimum atomic E-state index is -1.13. The summed E-state index contributed by atoms with van der Waals surface area (Å²) >= 11 is 12.3. The molecule has 0 radical (unpaired) electrons. The Bertz CT molecular complexity index is 1230. The molecule has 1 aliphatic heterocycles. The highest BCUT2D eigenvalue weighted by Gasteiger charge is 2.50. The van der Waals surface area contributed by atoms with E-state index in [2.05, 4.69) is 5.32 Å². The predicted molar refractivity (Wildman–Crippen MR) is 147 cm³/mol. The van der Waals surface area contributed by atoms with E-state index in [1.165, 1.54) is 0 Å². The molecule has 0 aliphatic carbocycles. The van der Waals surface area contributed by atoms with E-state index < -0.39 is 11.6 Å². The SMILES string of the molecule is C[C@H]1OC(c2ccc(OCCCO)cc2)=N[C@@]1(Cc1ccccc1)C(=O)NCCc1ccc(Cl)cc1Cl. The molecule has 1 aliphatic rings. The molecule has 0 bridgehead atoms. The second kappa shape index (κ2) is 12.5. The first-order chi connectivity index (χ1) is 17.9. The maximum absolute atomic E-state index is 13.7. The van der Waals surface area contributed by atoms with Gasteiger partial charge in [-0.15, -0.1) is 0 Å². The van der Waals surface area contributed by atoms with Crippen LogP contribution in [-0.2, 0) is 22.4 Å². The van der Waals surface area contributed by atoms with Gasteiger partial charge in [0.1, 0.15) is 11.9 Å². The summed E-state index contributed by atoms with van der Waals surface area (Å²) in [6, 6.07) is 22.5. The maximum atomic E-state index is 13.7. The van der Waals surface area contributed by atoms with E-state index in [1.54, 1.807) is 12.1 Å². The normalized spacial score (nSPS) is 18.7. The Morgan fingerprint density at radius 2 is 1.86 bits per heavy atom. The molecule has 0 saturated carbocycles. The van der Waals surface area contributed by atoms with E-state index >= 15 is 0 Å². The van der Waals surface area contributed by atoms with Gasteiger partial charge in [0.2, 0.25) is 5.90 Å². The van der Waals surface area contributed by atoms with Gasteiger partial charge >= 0.3 is 0 Å². The molecule has 0 aromatic heterocycles. The van der Waals surface area contributed by atoms with Crippen molar-refractivity contribution >= 4 is 35.0 Å². The highest BCUT2D eigenvalue weighted by molar-refractivity contribution is 6.35. The minimum absolute atomic E-state index is 0.0823. The van der Waals surface area contributed by atoms with Crippen LogP contribution in [0.25, 0.3) is 0 Å². The van der Waals surface area contributed by atoms with Crippen LogP contribution in [0, 0.1) is 0 Å². The van der Waals surface area contributed by atoms with Gasteiger partial charge in [-0.2, -0.15) is 0 Å². The summed E-state index contributed by atoms with van der Waals surface area (Å²) in [5, 5.41) is 13.1. The molecule has 3 aromatic rings. The number of nitrogens with one attached hydrogen (secondary N) is 1. The van der Waals surface area contributed by atoms with Crippen LogP contribution in [0.4, 0.5) is 0 Å². The van der Waals surface area contributed by atoms with Crippen LogP contribution < -0.4 is 10.1 Å². The van der Waals surface area contributed by atoms with Gasteiger partial charge < -0.3 is 19.9 Å². The smallest absolute Gasteiger partial charge is 0.252 e. The molecule has 6 nitrogen and oxygen atoms in total. The van der Waals surface area contributed by atoms with Gasteiger partial charge in [0.15, 0.2) is 5.54 Å². The fourth-order valence-electron chi connectivity index (χ4n) is 4.24. The molecular weight excluding hydrogens is 511 g/mol. The van der Waals surface area contributed by atoms with Crippen LogP contribution >= 0.6 is 23.2 Å². The van der Waals surface area contributed by atoms with Crippen molar-refractivity contribution in [2.45, 2.75) is 37.8 Å². The molecule has 3 aromatic carbocycles. The van der Waals surface area contributed by atoms with Gasteiger partial charge in [-0.05, 0) is 60.9 Å². The van der Waals surface area contributed by atoms with Crippen molar-refractivity contribution in [2.24, 2.45) is 4.99 Å². The van der Waals surface area contributed by atoms with Crippen molar-refractivity contribution in [1.29, 1.82) is 0 Å². The van der Waals surface area contributed by atoms with Crippen LogP contribution in [0.2, 0.25) is 10.0 Å². The quantitative estimate of drug-likeness (QED) is 0.325. The van der Waals surface area contributed by atoms with Crippen LogP contribution in [0.1, 0.15) is 30.0 Å². The van der Waals surface area contributed by atoms with Crippen molar-refractivity contribution in [1.82, 2.24) is 5.32 Å². The molecule has 8 heteroatoms. The Morgan fingerprint density at radius 3 is 2.57 bits per heavy atom. The average Bonchev–Trinajstić information content (AvgIpc) is 3.23. The first-order valence-electron chi connectivity index (χ1n) is 12.3. The Hall–Kier alpha value is -3.06. The Balaban J connectivity index is 1.54. The van der Waals surface area contributed by atoms with Crippen molar-refractivity contribution < 1.29 is 19.4 Å². The summed E-state index contributed by atoms with van der Waals surface area (Å²) < 4.78 is 11.8. The van der Waals surface area contributed by atoms with Crippen molar-refractivity contribution in [3.8, 4) is 5.75 Å². The summed E-state index contributed by atoms with van der Waals surface area (Å²) in [6.45, 7) is 2.79. The van der Waals surface area contributed by atoms with E-state index in [-0.39, 0.29) is 12.5 Å². The van der Waals surface area contributed by atoms with Crippen LogP contribution in [0.3, 0.4) is 0 Å². The molecule has 37 heavy (non-hydrogen) atoms. The second-order valence-electron chi connectivity index (χ2n) is 8.96. The molecule has 2 N–H and O–H groups in total. The van der Waals surface area contributed by atoms with Gasteiger partial charge in [-0.3, -0.25) is 4.79 Å². The number of aliphatic imine (C=N–C) groups is 1. The number of halogens is 2. The summed E-state index contributed by atoms with van der Waals surface area (Å²) in [4.78, 5) is 18.6. The van der Waals surface area contributed by atoms with Gasteiger partial charge in [0.25, 0.3) is 5.91 Å². The van der Waals surface area contributed by atoms with E-state index in [0.29, 0.717) is 54.1 Å². The van der Waals surface area contributed by atoms with Gasteiger partial charge in [0.05, 0.1) is 6.61 Å². The van der Waals surface area contributed by atoms with Gasteiger partial charge in [-0.1, -0.05) is 59.6 Å². The number of hydrogen-bond donors (Lipinski definition) is 2. The Morgan fingerprint density at radius 1 is 1.11 bits per heavy atom. The van der Waals surface area contributed by atoms with Gasteiger partial charge in [0, 0.05) is 41.6 Å². The first-order valence-corrected chi connectivity index (χ1v) is 13.0. The number of amides is 1. The third-order valence-corrected chi connectivity index (χ3v) is 6.93. The third-order valence-electron chi connectivity index (χ3n) is 6.34. The first kappa shape index (κ1) is 27.0. The summed E-state index contributed by atoms with van der Waals surface area (Å²) in [5.74, 6) is 0.909. The fourth-order valence-corrected chi connectivity index (χ4v) is 4.74. The average molecular weight is 541 g/mol. The predicted octanol–water partition coefficient (Wildman–Crippen LogP) is 5.26. The van der Waals surface area contributed by atoms with Crippen LogP contribution in [0.5, 0.6) is 5.75 Å². The number of carbonyl (C=O) groups is 1. The zero-order chi connectivity index (χ0) is 26.3. The zero-order valence-corrected chi connectivity index (χ0v) is 22.1. The Kier molecular flexibility index (Phi) is 9.09. The lowest BCUT2D eigenvalue weighted by atomic mass is 9.86. The number of nitrogens with zero attached hydrogens (tertiary/aromatic N) is 1. The molecular formula is C29H30Cl2N2O4. The van der Waals surface area contributed by atoms with Crippen molar-refractivity contribution in [2.75, 3.05) is 19.8 Å². The maximum Gasteiger partial charge on any atom is 0.252 e. The molecule has 1 amide bonds. The summed E-state index contributed by atoms with van der Waals surface area (Å²) in [5.41, 5.74) is 1.53. The largest absolute Gasteiger partial charge is 0.494 e. The number of carbonyl (C=O) groups excluding carboxylic acids is 1. The highest BCUT2D eigenvalue weighted by Crippen LogP contribution is 2.33. The number of hydrogen-bond acceptors (Lipinski definition) is 5. The lowest BCUT2D eigenvalue weighted by molar-refractivity contribution is -0.128. The van der Waals surface area contributed by atoms with E-state index in [0.717, 1.165) is 16.7 Å². The molecule has 0 spiro atoms. The van der Waals surface area contributed by atoms with Crippen LogP contribution in [0.15, 0.2) is 77.8 Å². The monoisotopic (exact) mass is 540 g/mol. The third kappa shape index (κ3) is 6.63. The number of rotatable bonds is 11. The summed E-state index contributed by atoms with van der Waals surface area (Å²) in [6.07, 6.45) is 1.04. The molecule has 0 saturated heterocycles. The molecule has 0 fully saturated rings. The number of aliphatic hydroxyl groups excluding tert-OH is 1. The van der Waals surface area contributed by atoms with Crippen LogP contribution in [-0.4, -0.2) is 48.3 Å². The highest BCUT2D eigenvalue weighted by atomic mass is 35.5.